The normalized spacial score (nSPS) is 13.0. The lowest BCUT2D eigenvalue weighted by molar-refractivity contribution is 0.0541. The van der Waals surface area contributed by atoms with Gasteiger partial charge < -0.3 is 4.74 Å². The first kappa shape index (κ1) is 22.8. The number of aromatic nitrogens is 4. The maximum Gasteiger partial charge on any atom is 0.333 e. The van der Waals surface area contributed by atoms with E-state index in [0.717, 1.165) is 17.1 Å². The minimum absolute atomic E-state index is 0.00112. The van der Waals surface area contributed by atoms with Gasteiger partial charge in [0.1, 0.15) is 23.1 Å². The Balaban J connectivity index is 1.43. The van der Waals surface area contributed by atoms with Gasteiger partial charge in [0.05, 0.1) is 35.3 Å². The van der Waals surface area contributed by atoms with Crippen molar-refractivity contribution < 1.29 is 26.3 Å². The van der Waals surface area contributed by atoms with Gasteiger partial charge in [0.25, 0.3) is 0 Å². The summed E-state index contributed by atoms with van der Waals surface area (Å²) in [6.07, 6.45) is 2.53. The molecule has 1 N–H and O–H groups in total. The number of nitrogens with zero attached hydrogens (tertiary/aromatic N) is 4. The molecule has 12 heteroatoms. The van der Waals surface area contributed by atoms with Crippen molar-refractivity contribution >= 4 is 20.9 Å². The van der Waals surface area contributed by atoms with Crippen LogP contribution in [-0.2, 0) is 10.0 Å². The van der Waals surface area contributed by atoms with Gasteiger partial charge >= 0.3 is 6.55 Å². The highest BCUT2D eigenvalue weighted by Crippen LogP contribution is 2.24. The van der Waals surface area contributed by atoms with Gasteiger partial charge in [-0.1, -0.05) is 0 Å². The zero-order valence-electron chi connectivity index (χ0n) is 17.6. The van der Waals surface area contributed by atoms with Crippen molar-refractivity contribution in [3.05, 3.63) is 66.4 Å². The molecule has 0 saturated carbocycles. The van der Waals surface area contributed by atoms with E-state index in [4.69, 9.17) is 4.74 Å². The first-order chi connectivity index (χ1) is 15.7. The van der Waals surface area contributed by atoms with Crippen LogP contribution in [0.25, 0.3) is 16.6 Å². The van der Waals surface area contributed by atoms with Crippen LogP contribution in [0, 0.1) is 12.7 Å². The van der Waals surface area contributed by atoms with E-state index in [1.807, 2.05) is 0 Å². The lowest BCUT2D eigenvalue weighted by Crippen LogP contribution is -2.37. The summed E-state index contributed by atoms with van der Waals surface area (Å²) in [5.41, 5.74) is 1.33. The number of ether oxygens (including phenoxy) is 1. The molecule has 174 valence electrons. The first-order valence-corrected chi connectivity index (χ1v) is 11.3. The van der Waals surface area contributed by atoms with Gasteiger partial charge in [0.2, 0.25) is 10.0 Å². The highest BCUT2D eigenvalue weighted by Gasteiger charge is 2.25. The number of fused-ring (bicyclic) bond motifs is 1. The standard InChI is InChI=1S/C21H20F3N5O3S/c1-13(27-33(30,31)20-11-26-28(14(20)2)21(23)24)12-32-18-7-8-19-15(9-18)10-25-29(19)17-5-3-16(22)4-6-17/h3-11,13,21,27H,12H2,1-2H3/t13-/m0/s1. The number of sulfonamides is 1. The van der Waals surface area contributed by atoms with Gasteiger partial charge in [-0.3, -0.25) is 0 Å². The fraction of sp³-hybridized carbons (Fsp3) is 0.238. The van der Waals surface area contributed by atoms with Crippen molar-refractivity contribution in [1.82, 2.24) is 24.3 Å². The summed E-state index contributed by atoms with van der Waals surface area (Å²) in [4.78, 5) is -0.315. The van der Waals surface area contributed by atoms with E-state index >= 15 is 0 Å². The fourth-order valence-electron chi connectivity index (χ4n) is 3.34. The summed E-state index contributed by atoms with van der Waals surface area (Å²) < 4.78 is 74.1. The second-order valence-corrected chi connectivity index (χ2v) is 9.09. The van der Waals surface area contributed by atoms with Crippen LogP contribution < -0.4 is 9.46 Å². The molecular weight excluding hydrogens is 459 g/mol. The lowest BCUT2D eigenvalue weighted by atomic mass is 10.2. The smallest absolute Gasteiger partial charge is 0.333 e. The number of hydrogen-bond acceptors (Lipinski definition) is 5. The highest BCUT2D eigenvalue weighted by molar-refractivity contribution is 7.89. The van der Waals surface area contributed by atoms with E-state index < -0.39 is 22.6 Å². The molecule has 0 bridgehead atoms. The van der Waals surface area contributed by atoms with Gasteiger partial charge in [-0.2, -0.15) is 19.0 Å². The number of nitrogens with one attached hydrogen (secondary N) is 1. The largest absolute Gasteiger partial charge is 0.492 e. The Labute approximate surface area is 187 Å². The topological polar surface area (TPSA) is 91.0 Å². The van der Waals surface area contributed by atoms with E-state index in [9.17, 15) is 21.6 Å². The second kappa shape index (κ2) is 8.87. The van der Waals surface area contributed by atoms with E-state index in [1.54, 1.807) is 48.1 Å². The Kier molecular flexibility index (Phi) is 6.13. The predicted molar refractivity (Wildman–Crippen MR) is 115 cm³/mol. The van der Waals surface area contributed by atoms with Crippen LogP contribution >= 0.6 is 0 Å². The molecule has 4 aromatic rings. The number of alkyl halides is 2. The van der Waals surface area contributed by atoms with E-state index in [2.05, 4.69) is 14.9 Å². The van der Waals surface area contributed by atoms with Crippen molar-refractivity contribution in [3.63, 3.8) is 0 Å². The molecular formula is C21H20F3N5O3S. The Hall–Kier alpha value is -3.38. The summed E-state index contributed by atoms with van der Waals surface area (Å²) in [6, 6.07) is 10.5. The van der Waals surface area contributed by atoms with Crippen molar-refractivity contribution in [2.45, 2.75) is 31.3 Å². The molecule has 8 nitrogen and oxygen atoms in total. The van der Waals surface area contributed by atoms with Crippen molar-refractivity contribution in [2.75, 3.05) is 6.61 Å². The molecule has 2 aromatic carbocycles. The number of rotatable bonds is 8. The maximum atomic E-state index is 13.2. The van der Waals surface area contributed by atoms with Crippen LogP contribution in [0.5, 0.6) is 5.75 Å². The molecule has 1 atom stereocenters. The molecule has 0 spiro atoms. The molecule has 0 radical (unpaired) electrons. The predicted octanol–water partition coefficient (Wildman–Crippen LogP) is 3.81. The summed E-state index contributed by atoms with van der Waals surface area (Å²) >= 11 is 0. The summed E-state index contributed by atoms with van der Waals surface area (Å²) in [5.74, 6) is 0.155. The van der Waals surface area contributed by atoms with E-state index in [-0.39, 0.29) is 23.0 Å². The van der Waals surface area contributed by atoms with Crippen LogP contribution in [0.15, 0.2) is 59.8 Å². The van der Waals surface area contributed by atoms with Crippen LogP contribution in [0.2, 0.25) is 0 Å². The highest BCUT2D eigenvalue weighted by atomic mass is 32.2. The van der Waals surface area contributed by atoms with Crippen LogP contribution in [-0.4, -0.2) is 40.6 Å². The third-order valence-corrected chi connectivity index (χ3v) is 6.63. The van der Waals surface area contributed by atoms with E-state index in [1.165, 1.54) is 19.1 Å². The molecule has 33 heavy (non-hydrogen) atoms. The molecule has 2 aromatic heterocycles. The molecule has 0 saturated heterocycles. The number of benzene rings is 2. The zero-order chi connectivity index (χ0) is 23.8. The van der Waals surface area contributed by atoms with Gasteiger partial charge in [0.15, 0.2) is 0 Å². The molecule has 0 aliphatic carbocycles. The Bertz CT molecular complexity index is 1380. The third-order valence-electron chi connectivity index (χ3n) is 4.94. The summed E-state index contributed by atoms with van der Waals surface area (Å²) in [7, 11) is -4.06. The van der Waals surface area contributed by atoms with Crippen LogP contribution in [0.1, 0.15) is 19.2 Å². The molecule has 0 aliphatic heterocycles. The molecule has 4 rings (SSSR count). The van der Waals surface area contributed by atoms with Crippen LogP contribution in [0.3, 0.4) is 0 Å². The van der Waals surface area contributed by atoms with E-state index in [0.29, 0.717) is 16.1 Å². The van der Waals surface area contributed by atoms with Crippen molar-refractivity contribution in [3.8, 4) is 11.4 Å². The molecule has 2 heterocycles. The fourth-order valence-corrected chi connectivity index (χ4v) is 4.73. The first-order valence-electron chi connectivity index (χ1n) is 9.87. The Morgan fingerprint density at radius 1 is 1.09 bits per heavy atom. The summed E-state index contributed by atoms with van der Waals surface area (Å²) in [6.45, 7) is -0.0815. The van der Waals surface area contributed by atoms with Gasteiger partial charge in [-0.05, 0) is 56.3 Å². The number of halogens is 3. The second-order valence-electron chi connectivity index (χ2n) is 7.40. The van der Waals surface area contributed by atoms with Crippen molar-refractivity contribution in [1.29, 1.82) is 0 Å². The average Bonchev–Trinajstić information content (AvgIpc) is 3.36. The molecule has 0 amide bonds. The molecule has 0 aliphatic rings. The quantitative estimate of drug-likeness (QED) is 0.415. The maximum absolute atomic E-state index is 13.2. The van der Waals surface area contributed by atoms with Gasteiger partial charge in [-0.25, -0.2) is 26.9 Å². The minimum atomic E-state index is -4.06. The lowest BCUT2D eigenvalue weighted by Gasteiger charge is -2.15. The SMILES string of the molecule is Cc1c(S(=O)(=O)N[C@@H](C)COc2ccc3c(cnn3-c3ccc(F)cc3)c2)cnn1C(F)F. The average molecular weight is 479 g/mol. The third kappa shape index (κ3) is 4.71. The van der Waals surface area contributed by atoms with Crippen LogP contribution in [0.4, 0.5) is 13.2 Å². The minimum Gasteiger partial charge on any atom is -0.492 e. The molecule has 0 fully saturated rings. The summed E-state index contributed by atoms with van der Waals surface area (Å²) in [5, 5.41) is 8.53. The van der Waals surface area contributed by atoms with Gasteiger partial charge in [0, 0.05) is 5.39 Å². The Morgan fingerprint density at radius 3 is 2.48 bits per heavy atom. The van der Waals surface area contributed by atoms with Gasteiger partial charge in [-0.15, -0.1) is 0 Å². The zero-order valence-corrected chi connectivity index (χ0v) is 18.4. The molecule has 0 unspecified atom stereocenters. The Morgan fingerprint density at radius 2 is 1.82 bits per heavy atom. The number of hydrogen-bond donors (Lipinski definition) is 1. The van der Waals surface area contributed by atoms with Crippen molar-refractivity contribution in [2.24, 2.45) is 0 Å². The monoisotopic (exact) mass is 479 g/mol.